The summed E-state index contributed by atoms with van der Waals surface area (Å²) in [6, 6.07) is 11.4. The summed E-state index contributed by atoms with van der Waals surface area (Å²) >= 11 is 0. The van der Waals surface area contributed by atoms with Crippen LogP contribution >= 0.6 is 0 Å². The number of ether oxygens (including phenoxy) is 1. The van der Waals surface area contributed by atoms with Gasteiger partial charge in [0.1, 0.15) is 17.4 Å². The molecular formula is C16H17F2NO. The Labute approximate surface area is 117 Å². The number of nitrogens with zero attached hydrogens (tertiary/aromatic N) is 1. The molecular weight excluding hydrogens is 260 g/mol. The molecule has 4 heteroatoms. The zero-order valence-electron chi connectivity index (χ0n) is 11.6. The van der Waals surface area contributed by atoms with Crippen LogP contribution in [0.1, 0.15) is 11.1 Å². The molecule has 0 amide bonds. The number of rotatable bonds is 5. The quantitative estimate of drug-likeness (QED) is 0.828. The minimum atomic E-state index is -0.557. The zero-order valence-corrected chi connectivity index (χ0v) is 11.6. The highest BCUT2D eigenvalue weighted by Gasteiger charge is 2.09. The van der Waals surface area contributed by atoms with Crippen molar-refractivity contribution in [2.75, 3.05) is 14.2 Å². The van der Waals surface area contributed by atoms with Crippen LogP contribution in [0.3, 0.4) is 0 Å². The molecule has 0 unspecified atom stereocenters. The molecule has 2 aromatic carbocycles. The average molecular weight is 277 g/mol. The van der Waals surface area contributed by atoms with E-state index in [1.807, 2.05) is 36.2 Å². The Bertz CT molecular complexity index is 586. The summed E-state index contributed by atoms with van der Waals surface area (Å²) in [5.74, 6) is -0.269. The third-order valence-corrected chi connectivity index (χ3v) is 3.09. The summed E-state index contributed by atoms with van der Waals surface area (Å²) in [6.07, 6.45) is 0. The van der Waals surface area contributed by atoms with Gasteiger partial charge in [0, 0.05) is 30.3 Å². The van der Waals surface area contributed by atoms with Gasteiger partial charge in [0.25, 0.3) is 0 Å². The molecule has 0 bridgehead atoms. The molecule has 106 valence electrons. The van der Waals surface area contributed by atoms with E-state index in [4.69, 9.17) is 4.74 Å². The predicted molar refractivity (Wildman–Crippen MR) is 74.5 cm³/mol. The molecule has 2 aromatic rings. The van der Waals surface area contributed by atoms with E-state index in [1.54, 1.807) is 7.11 Å². The van der Waals surface area contributed by atoms with E-state index < -0.39 is 11.6 Å². The second-order valence-corrected chi connectivity index (χ2v) is 4.72. The fourth-order valence-corrected chi connectivity index (χ4v) is 2.12. The van der Waals surface area contributed by atoms with Gasteiger partial charge in [0.05, 0.1) is 7.11 Å². The molecule has 0 saturated carbocycles. The maximum absolute atomic E-state index is 13.6. The Balaban J connectivity index is 2.07. The summed E-state index contributed by atoms with van der Waals surface area (Å²) in [6.45, 7) is 1.03. The molecule has 2 rings (SSSR count). The molecule has 0 aliphatic rings. The predicted octanol–water partition coefficient (Wildman–Crippen LogP) is 3.61. The highest BCUT2D eigenvalue weighted by Crippen LogP contribution is 2.20. The van der Waals surface area contributed by atoms with Crippen molar-refractivity contribution in [3.63, 3.8) is 0 Å². The Morgan fingerprint density at radius 3 is 2.40 bits per heavy atom. The van der Waals surface area contributed by atoms with Gasteiger partial charge >= 0.3 is 0 Å². The molecule has 0 spiro atoms. The first kappa shape index (κ1) is 14.5. The van der Waals surface area contributed by atoms with Crippen LogP contribution in [0.4, 0.5) is 8.78 Å². The minimum absolute atomic E-state index is 0.407. The van der Waals surface area contributed by atoms with Crippen molar-refractivity contribution in [3.05, 3.63) is 65.2 Å². The van der Waals surface area contributed by atoms with Crippen molar-refractivity contribution in [3.8, 4) is 5.75 Å². The molecule has 0 aliphatic carbocycles. The Hall–Kier alpha value is -1.94. The smallest absolute Gasteiger partial charge is 0.130 e. The van der Waals surface area contributed by atoms with Crippen LogP contribution in [-0.4, -0.2) is 19.1 Å². The van der Waals surface area contributed by atoms with E-state index in [9.17, 15) is 8.78 Å². The number of hydrogen-bond acceptors (Lipinski definition) is 2. The van der Waals surface area contributed by atoms with Gasteiger partial charge in [-0.1, -0.05) is 24.3 Å². The van der Waals surface area contributed by atoms with Gasteiger partial charge < -0.3 is 4.74 Å². The van der Waals surface area contributed by atoms with Crippen LogP contribution < -0.4 is 4.74 Å². The Morgan fingerprint density at radius 1 is 1.00 bits per heavy atom. The molecule has 0 aromatic heterocycles. The minimum Gasteiger partial charge on any atom is -0.496 e. The van der Waals surface area contributed by atoms with Gasteiger partial charge in [-0.05, 0) is 19.2 Å². The lowest BCUT2D eigenvalue weighted by molar-refractivity contribution is 0.305. The van der Waals surface area contributed by atoms with E-state index in [0.717, 1.165) is 17.4 Å². The van der Waals surface area contributed by atoms with Crippen LogP contribution in [-0.2, 0) is 13.1 Å². The van der Waals surface area contributed by atoms with Crippen LogP contribution in [0.5, 0.6) is 5.75 Å². The van der Waals surface area contributed by atoms with E-state index >= 15 is 0 Å². The van der Waals surface area contributed by atoms with Gasteiger partial charge in [0.2, 0.25) is 0 Å². The molecule has 0 heterocycles. The first-order chi connectivity index (χ1) is 9.60. The monoisotopic (exact) mass is 277 g/mol. The summed E-state index contributed by atoms with van der Waals surface area (Å²) in [4.78, 5) is 1.95. The Kier molecular flexibility index (Phi) is 4.69. The molecule has 0 fully saturated rings. The number of halogens is 2. The third-order valence-electron chi connectivity index (χ3n) is 3.09. The lowest BCUT2D eigenvalue weighted by Gasteiger charge is -2.18. The van der Waals surface area contributed by atoms with Crippen molar-refractivity contribution in [2.24, 2.45) is 0 Å². The van der Waals surface area contributed by atoms with Gasteiger partial charge in [-0.2, -0.15) is 0 Å². The largest absolute Gasteiger partial charge is 0.496 e. The number of methoxy groups -OCH3 is 1. The summed E-state index contributed by atoms with van der Waals surface area (Å²) in [5.41, 5.74) is 1.50. The van der Waals surface area contributed by atoms with Crippen molar-refractivity contribution in [2.45, 2.75) is 13.1 Å². The first-order valence-corrected chi connectivity index (χ1v) is 6.34. The highest BCUT2D eigenvalue weighted by atomic mass is 19.1. The van der Waals surface area contributed by atoms with Gasteiger partial charge in [-0.25, -0.2) is 8.78 Å². The molecule has 0 atom stereocenters. The second kappa shape index (κ2) is 6.48. The number of hydrogen-bond donors (Lipinski definition) is 0. The van der Waals surface area contributed by atoms with Gasteiger partial charge in [-0.3, -0.25) is 4.90 Å². The van der Waals surface area contributed by atoms with Crippen LogP contribution in [0, 0.1) is 11.6 Å². The number of benzene rings is 2. The maximum atomic E-state index is 13.6. The summed E-state index contributed by atoms with van der Waals surface area (Å²) in [7, 11) is 3.51. The van der Waals surface area contributed by atoms with E-state index in [2.05, 4.69) is 0 Å². The number of para-hydroxylation sites is 1. The molecule has 0 aliphatic heterocycles. The van der Waals surface area contributed by atoms with Crippen molar-refractivity contribution < 1.29 is 13.5 Å². The lowest BCUT2D eigenvalue weighted by Crippen LogP contribution is -2.18. The van der Waals surface area contributed by atoms with Gasteiger partial charge in [-0.15, -0.1) is 0 Å². The summed E-state index contributed by atoms with van der Waals surface area (Å²) in [5, 5.41) is 0. The molecule has 0 radical (unpaired) electrons. The molecule has 20 heavy (non-hydrogen) atoms. The van der Waals surface area contributed by atoms with Crippen LogP contribution in [0.15, 0.2) is 42.5 Å². The van der Waals surface area contributed by atoms with Crippen molar-refractivity contribution in [1.29, 1.82) is 0 Å². The maximum Gasteiger partial charge on any atom is 0.130 e. The first-order valence-electron chi connectivity index (χ1n) is 6.34. The van der Waals surface area contributed by atoms with Crippen LogP contribution in [0.25, 0.3) is 0 Å². The van der Waals surface area contributed by atoms with Crippen LogP contribution in [0.2, 0.25) is 0 Å². The second-order valence-electron chi connectivity index (χ2n) is 4.72. The van der Waals surface area contributed by atoms with E-state index in [-0.39, 0.29) is 0 Å². The zero-order chi connectivity index (χ0) is 14.5. The van der Waals surface area contributed by atoms with E-state index in [1.165, 1.54) is 12.1 Å². The average Bonchev–Trinajstić information content (AvgIpc) is 2.42. The SMILES string of the molecule is COc1ccccc1CN(C)Cc1ccc(F)cc1F. The highest BCUT2D eigenvalue weighted by molar-refractivity contribution is 5.33. The lowest BCUT2D eigenvalue weighted by atomic mass is 10.1. The molecule has 0 N–H and O–H groups in total. The van der Waals surface area contributed by atoms with Crippen molar-refractivity contribution in [1.82, 2.24) is 4.90 Å². The van der Waals surface area contributed by atoms with Crippen molar-refractivity contribution >= 4 is 0 Å². The fourth-order valence-electron chi connectivity index (χ4n) is 2.12. The fraction of sp³-hybridized carbons (Fsp3) is 0.250. The normalized spacial score (nSPS) is 10.8. The van der Waals surface area contributed by atoms with Gasteiger partial charge in [0.15, 0.2) is 0 Å². The Morgan fingerprint density at radius 2 is 1.70 bits per heavy atom. The standard InChI is InChI=1S/C16H17F2NO/c1-19(10-12-7-8-14(17)9-15(12)18)11-13-5-3-4-6-16(13)20-2/h3-9H,10-11H2,1-2H3. The molecule has 2 nitrogen and oxygen atoms in total. The third kappa shape index (κ3) is 3.54. The topological polar surface area (TPSA) is 12.5 Å². The van der Waals surface area contributed by atoms with E-state index in [0.29, 0.717) is 18.7 Å². The molecule has 0 saturated heterocycles. The summed E-state index contributed by atoms with van der Waals surface area (Å²) < 4.78 is 31.7.